The van der Waals surface area contributed by atoms with Gasteiger partial charge in [-0.15, -0.1) is 12.4 Å². The first-order valence-electron chi connectivity index (χ1n) is 5.00. The van der Waals surface area contributed by atoms with Gasteiger partial charge in [0.2, 0.25) is 5.95 Å². The third-order valence-corrected chi connectivity index (χ3v) is 2.49. The Kier molecular flexibility index (Phi) is 3.64. The quantitative estimate of drug-likeness (QED) is 0.757. The Bertz CT molecular complexity index is 667. The van der Waals surface area contributed by atoms with Crippen molar-refractivity contribution in [1.82, 2.24) is 19.9 Å². The molecule has 0 atom stereocenters. The van der Waals surface area contributed by atoms with Crippen LogP contribution in [0.15, 0.2) is 36.8 Å². The number of rotatable bonds is 2. The van der Waals surface area contributed by atoms with Crippen molar-refractivity contribution in [3.05, 3.63) is 41.8 Å². The van der Waals surface area contributed by atoms with Gasteiger partial charge in [0.05, 0.1) is 12.5 Å². The molecule has 0 amide bonds. The van der Waals surface area contributed by atoms with Crippen molar-refractivity contribution in [2.24, 2.45) is 0 Å². The average molecular weight is 282 g/mol. The van der Waals surface area contributed by atoms with Gasteiger partial charge in [-0.05, 0) is 18.2 Å². The van der Waals surface area contributed by atoms with Gasteiger partial charge < -0.3 is 10.3 Å². The van der Waals surface area contributed by atoms with Crippen LogP contribution in [-0.4, -0.2) is 19.9 Å². The topological polar surface area (TPSA) is 66.5 Å². The summed E-state index contributed by atoms with van der Waals surface area (Å²) in [7, 11) is 0. The summed E-state index contributed by atoms with van der Waals surface area (Å²) in [6.07, 6.45) is 3.24. The smallest absolute Gasteiger partial charge is 0.229 e. The lowest BCUT2D eigenvalue weighted by Gasteiger charge is -2.04. The lowest BCUT2D eigenvalue weighted by atomic mass is 10.3. The van der Waals surface area contributed by atoms with Crippen LogP contribution in [0.4, 0.5) is 11.6 Å². The van der Waals surface area contributed by atoms with Gasteiger partial charge in [0.15, 0.2) is 5.65 Å². The first-order valence-corrected chi connectivity index (χ1v) is 5.38. The first-order chi connectivity index (χ1) is 8.31. The Balaban J connectivity index is 0.00000120. The summed E-state index contributed by atoms with van der Waals surface area (Å²) < 4.78 is 0. The summed E-state index contributed by atoms with van der Waals surface area (Å²) in [6.45, 7) is 0. The minimum Gasteiger partial charge on any atom is -0.329 e. The predicted octanol–water partition coefficient (Wildman–Crippen LogP) is 3.17. The molecule has 2 aromatic heterocycles. The maximum Gasteiger partial charge on any atom is 0.229 e. The number of anilines is 2. The molecule has 5 nitrogen and oxygen atoms in total. The van der Waals surface area contributed by atoms with Gasteiger partial charge in [0.25, 0.3) is 0 Å². The van der Waals surface area contributed by atoms with Crippen LogP contribution in [0.25, 0.3) is 11.2 Å². The summed E-state index contributed by atoms with van der Waals surface area (Å²) in [6, 6.07) is 7.37. The van der Waals surface area contributed by atoms with Gasteiger partial charge in [0.1, 0.15) is 5.52 Å². The normalized spacial score (nSPS) is 10.1. The highest BCUT2D eigenvalue weighted by atomic mass is 35.5. The average Bonchev–Trinajstić information content (AvgIpc) is 2.76. The van der Waals surface area contributed by atoms with E-state index in [4.69, 9.17) is 11.6 Å². The summed E-state index contributed by atoms with van der Waals surface area (Å²) in [5, 5.41) is 3.74. The second-order valence-corrected chi connectivity index (χ2v) is 3.90. The van der Waals surface area contributed by atoms with E-state index in [1.807, 2.05) is 24.3 Å². The summed E-state index contributed by atoms with van der Waals surface area (Å²) in [5.74, 6) is 0.504. The number of aromatic nitrogens is 4. The van der Waals surface area contributed by atoms with E-state index in [0.29, 0.717) is 16.6 Å². The molecule has 2 heterocycles. The van der Waals surface area contributed by atoms with Gasteiger partial charge in [-0.25, -0.2) is 9.97 Å². The predicted molar refractivity (Wildman–Crippen MR) is 73.7 cm³/mol. The number of imidazole rings is 1. The number of nitrogens with zero attached hydrogens (tertiary/aromatic N) is 3. The lowest BCUT2D eigenvalue weighted by molar-refractivity contribution is 1.19. The van der Waals surface area contributed by atoms with E-state index in [1.165, 1.54) is 0 Å². The fourth-order valence-electron chi connectivity index (χ4n) is 1.49. The molecule has 0 aliphatic carbocycles. The number of nitrogens with one attached hydrogen (secondary N) is 2. The molecule has 7 heteroatoms. The number of hydrogen-bond acceptors (Lipinski definition) is 4. The van der Waals surface area contributed by atoms with Crippen LogP contribution in [0.2, 0.25) is 5.02 Å². The molecule has 18 heavy (non-hydrogen) atoms. The number of aromatic amines is 1. The van der Waals surface area contributed by atoms with Crippen LogP contribution in [0, 0.1) is 0 Å². The van der Waals surface area contributed by atoms with Crippen molar-refractivity contribution < 1.29 is 0 Å². The Morgan fingerprint density at radius 2 is 2.11 bits per heavy atom. The van der Waals surface area contributed by atoms with E-state index >= 15 is 0 Å². The van der Waals surface area contributed by atoms with E-state index < -0.39 is 0 Å². The number of fused-ring (bicyclic) bond motifs is 1. The second kappa shape index (κ2) is 5.20. The second-order valence-electron chi connectivity index (χ2n) is 3.47. The van der Waals surface area contributed by atoms with E-state index in [-0.39, 0.29) is 12.4 Å². The molecule has 2 N–H and O–H groups in total. The van der Waals surface area contributed by atoms with E-state index in [0.717, 1.165) is 11.2 Å². The molecule has 0 aliphatic rings. The minimum atomic E-state index is 0. The van der Waals surface area contributed by atoms with Gasteiger partial charge in [-0.1, -0.05) is 17.7 Å². The Morgan fingerprint density at radius 3 is 2.94 bits per heavy atom. The summed E-state index contributed by atoms with van der Waals surface area (Å²) in [4.78, 5) is 15.4. The van der Waals surface area contributed by atoms with Crippen LogP contribution < -0.4 is 5.32 Å². The SMILES string of the molecule is Cl.Clc1cccc(Nc2ncc3nc[nH]c3n2)c1. The van der Waals surface area contributed by atoms with Gasteiger partial charge >= 0.3 is 0 Å². The molecule has 0 radical (unpaired) electrons. The zero-order valence-corrected chi connectivity index (χ0v) is 10.7. The molecular formula is C11H9Cl2N5. The highest BCUT2D eigenvalue weighted by Gasteiger charge is 2.02. The molecule has 0 bridgehead atoms. The van der Waals surface area contributed by atoms with Crippen molar-refractivity contribution in [3.63, 3.8) is 0 Å². The van der Waals surface area contributed by atoms with Crippen LogP contribution in [0.1, 0.15) is 0 Å². The Morgan fingerprint density at radius 1 is 1.22 bits per heavy atom. The van der Waals surface area contributed by atoms with E-state index in [1.54, 1.807) is 12.5 Å². The molecule has 1 aromatic carbocycles. The van der Waals surface area contributed by atoms with Crippen molar-refractivity contribution in [2.45, 2.75) is 0 Å². The minimum absolute atomic E-state index is 0. The molecule has 3 aromatic rings. The number of halogens is 2. The largest absolute Gasteiger partial charge is 0.329 e. The molecule has 0 spiro atoms. The Hall–Kier alpha value is -1.85. The van der Waals surface area contributed by atoms with E-state index in [2.05, 4.69) is 25.3 Å². The van der Waals surface area contributed by atoms with E-state index in [9.17, 15) is 0 Å². The standard InChI is InChI=1S/C11H8ClN5.ClH/c12-7-2-1-3-8(4-7)16-11-13-5-9-10(17-11)15-6-14-9;/h1-6H,(H2,13,14,15,16,17);1H. The molecular weight excluding hydrogens is 273 g/mol. The van der Waals surface area contributed by atoms with Crippen molar-refractivity contribution in [2.75, 3.05) is 5.32 Å². The summed E-state index contributed by atoms with van der Waals surface area (Å²) in [5.41, 5.74) is 2.28. The highest BCUT2D eigenvalue weighted by molar-refractivity contribution is 6.30. The first kappa shape index (κ1) is 12.6. The van der Waals surface area contributed by atoms with Crippen LogP contribution in [-0.2, 0) is 0 Å². The lowest BCUT2D eigenvalue weighted by Crippen LogP contribution is -1.96. The van der Waals surface area contributed by atoms with Crippen LogP contribution in [0.5, 0.6) is 0 Å². The maximum atomic E-state index is 5.89. The van der Waals surface area contributed by atoms with Crippen molar-refractivity contribution in [1.29, 1.82) is 0 Å². The van der Waals surface area contributed by atoms with Crippen LogP contribution in [0.3, 0.4) is 0 Å². The molecule has 92 valence electrons. The number of H-pyrrole nitrogens is 1. The van der Waals surface area contributed by atoms with Crippen LogP contribution >= 0.6 is 24.0 Å². The van der Waals surface area contributed by atoms with Gasteiger partial charge in [0, 0.05) is 10.7 Å². The number of hydrogen-bond donors (Lipinski definition) is 2. The highest BCUT2D eigenvalue weighted by Crippen LogP contribution is 2.18. The van der Waals surface area contributed by atoms with Crippen molar-refractivity contribution >= 4 is 46.8 Å². The van der Waals surface area contributed by atoms with Gasteiger partial charge in [-0.3, -0.25) is 0 Å². The summed E-state index contributed by atoms with van der Waals surface area (Å²) >= 11 is 5.89. The van der Waals surface area contributed by atoms with Crippen molar-refractivity contribution in [3.8, 4) is 0 Å². The third kappa shape index (κ3) is 2.52. The Labute approximate surface area is 114 Å². The monoisotopic (exact) mass is 281 g/mol. The fraction of sp³-hybridized carbons (Fsp3) is 0. The zero-order chi connectivity index (χ0) is 11.7. The third-order valence-electron chi connectivity index (χ3n) is 2.26. The molecule has 3 rings (SSSR count). The molecule has 0 saturated heterocycles. The molecule has 0 unspecified atom stereocenters. The zero-order valence-electron chi connectivity index (χ0n) is 9.09. The van der Waals surface area contributed by atoms with Gasteiger partial charge in [-0.2, -0.15) is 4.98 Å². The number of benzene rings is 1. The molecule has 0 aliphatic heterocycles. The molecule has 0 saturated carbocycles. The molecule has 0 fully saturated rings. The maximum absolute atomic E-state index is 5.89. The fourth-order valence-corrected chi connectivity index (χ4v) is 1.68.